The van der Waals surface area contributed by atoms with E-state index in [1.807, 2.05) is 0 Å². The minimum atomic E-state index is -1.30. The average Bonchev–Trinajstić information content (AvgIpc) is 2.59. The Morgan fingerprint density at radius 3 is 2.25 bits per heavy atom. The fraction of sp³-hybridized carbons (Fsp3) is 0.176. The molecule has 2 aromatic carbocycles. The second-order valence-corrected chi connectivity index (χ2v) is 5.22. The van der Waals surface area contributed by atoms with E-state index in [4.69, 9.17) is 5.21 Å². The fourth-order valence-electron chi connectivity index (χ4n) is 2.20. The largest absolute Gasteiger partial charge is 0.391 e. The Morgan fingerprint density at radius 2 is 1.71 bits per heavy atom. The zero-order valence-electron chi connectivity index (χ0n) is 12.9. The van der Waals surface area contributed by atoms with Crippen LogP contribution in [0.25, 0.3) is 11.1 Å². The van der Waals surface area contributed by atoms with E-state index < -0.39 is 24.0 Å². The second kappa shape index (κ2) is 7.67. The molecule has 2 amide bonds. The first-order valence-corrected chi connectivity index (χ1v) is 7.22. The first-order valence-electron chi connectivity index (χ1n) is 7.22. The molecule has 0 bridgehead atoms. The normalized spacial score (nSPS) is 13.0. The monoisotopic (exact) mass is 332 g/mol. The minimum Gasteiger partial charge on any atom is -0.391 e. The van der Waals surface area contributed by atoms with E-state index in [0.717, 1.165) is 0 Å². The van der Waals surface area contributed by atoms with Crippen molar-refractivity contribution in [1.29, 1.82) is 0 Å². The highest BCUT2D eigenvalue weighted by Crippen LogP contribution is 2.22. The van der Waals surface area contributed by atoms with Crippen molar-refractivity contribution < 1.29 is 24.3 Å². The molecular weight excluding hydrogens is 315 g/mol. The van der Waals surface area contributed by atoms with Crippen molar-refractivity contribution in [2.24, 2.45) is 0 Å². The van der Waals surface area contributed by atoms with Gasteiger partial charge in [0.05, 0.1) is 6.10 Å². The van der Waals surface area contributed by atoms with Crippen molar-refractivity contribution >= 4 is 11.8 Å². The van der Waals surface area contributed by atoms with Crippen LogP contribution in [-0.4, -0.2) is 34.3 Å². The zero-order valence-corrected chi connectivity index (χ0v) is 12.9. The summed E-state index contributed by atoms with van der Waals surface area (Å²) in [6.45, 7) is 1.31. The van der Waals surface area contributed by atoms with Gasteiger partial charge in [0.25, 0.3) is 11.8 Å². The Morgan fingerprint density at radius 1 is 1.08 bits per heavy atom. The molecule has 0 aliphatic rings. The first kappa shape index (κ1) is 17.6. The van der Waals surface area contributed by atoms with Crippen molar-refractivity contribution in [2.75, 3.05) is 0 Å². The molecule has 0 fully saturated rings. The van der Waals surface area contributed by atoms with Crippen molar-refractivity contribution in [3.63, 3.8) is 0 Å². The van der Waals surface area contributed by atoms with E-state index in [1.54, 1.807) is 30.3 Å². The molecule has 0 aliphatic heterocycles. The van der Waals surface area contributed by atoms with Gasteiger partial charge < -0.3 is 10.4 Å². The SMILES string of the molecule is C[C@@H](O)[C@H](NC(=O)c1ccc(-c2ccccc2F)cc1)C(=O)NO. The predicted molar refractivity (Wildman–Crippen MR) is 84.7 cm³/mol. The molecule has 0 heterocycles. The van der Waals surface area contributed by atoms with Crippen molar-refractivity contribution in [2.45, 2.75) is 19.1 Å². The summed E-state index contributed by atoms with van der Waals surface area (Å²) in [6, 6.07) is 11.1. The van der Waals surface area contributed by atoms with E-state index in [-0.39, 0.29) is 11.4 Å². The van der Waals surface area contributed by atoms with E-state index >= 15 is 0 Å². The van der Waals surface area contributed by atoms with Gasteiger partial charge in [-0.15, -0.1) is 0 Å². The smallest absolute Gasteiger partial charge is 0.268 e. The van der Waals surface area contributed by atoms with Crippen molar-refractivity contribution in [3.8, 4) is 11.1 Å². The number of aliphatic hydroxyl groups excluding tert-OH is 1. The van der Waals surface area contributed by atoms with Crippen LogP contribution in [-0.2, 0) is 4.79 Å². The number of carbonyl (C=O) groups excluding carboxylic acids is 2. The molecule has 24 heavy (non-hydrogen) atoms. The maximum atomic E-state index is 13.7. The van der Waals surface area contributed by atoms with Gasteiger partial charge in [0.2, 0.25) is 0 Å². The summed E-state index contributed by atoms with van der Waals surface area (Å²) in [6.07, 6.45) is -1.20. The number of amides is 2. The van der Waals surface area contributed by atoms with Gasteiger partial charge in [0.15, 0.2) is 0 Å². The van der Waals surface area contributed by atoms with Crippen LogP contribution in [0.2, 0.25) is 0 Å². The maximum absolute atomic E-state index is 13.7. The lowest BCUT2D eigenvalue weighted by Crippen LogP contribution is -2.51. The number of hydrogen-bond donors (Lipinski definition) is 4. The Hall–Kier alpha value is -2.77. The molecule has 0 aromatic heterocycles. The number of hydrogen-bond acceptors (Lipinski definition) is 4. The molecule has 0 unspecified atom stereocenters. The molecule has 2 atom stereocenters. The molecule has 0 radical (unpaired) electrons. The van der Waals surface area contributed by atoms with E-state index in [9.17, 15) is 19.1 Å². The molecule has 2 rings (SSSR count). The molecule has 0 saturated heterocycles. The Kier molecular flexibility index (Phi) is 5.62. The molecule has 0 saturated carbocycles. The highest BCUT2D eigenvalue weighted by molar-refractivity contribution is 5.97. The van der Waals surface area contributed by atoms with Gasteiger partial charge in [-0.1, -0.05) is 30.3 Å². The van der Waals surface area contributed by atoms with Crippen LogP contribution >= 0.6 is 0 Å². The summed E-state index contributed by atoms with van der Waals surface area (Å²) < 4.78 is 13.7. The zero-order chi connectivity index (χ0) is 17.7. The van der Waals surface area contributed by atoms with Crippen LogP contribution in [0.15, 0.2) is 48.5 Å². The van der Waals surface area contributed by atoms with Crippen molar-refractivity contribution in [1.82, 2.24) is 10.8 Å². The Bertz CT molecular complexity index is 732. The highest BCUT2D eigenvalue weighted by atomic mass is 19.1. The number of aliphatic hydroxyl groups is 1. The minimum absolute atomic E-state index is 0.228. The summed E-state index contributed by atoms with van der Waals surface area (Å²) in [5.74, 6) is -1.91. The lowest BCUT2D eigenvalue weighted by Gasteiger charge is -2.19. The molecular formula is C17H17FN2O4. The van der Waals surface area contributed by atoms with Crippen LogP contribution in [0.1, 0.15) is 17.3 Å². The van der Waals surface area contributed by atoms with Crippen molar-refractivity contribution in [3.05, 3.63) is 59.9 Å². The maximum Gasteiger partial charge on any atom is 0.268 e. The predicted octanol–water partition coefficient (Wildman–Crippen LogP) is 1.48. The summed E-state index contributed by atoms with van der Waals surface area (Å²) >= 11 is 0. The summed E-state index contributed by atoms with van der Waals surface area (Å²) in [4.78, 5) is 23.6. The van der Waals surface area contributed by atoms with Crippen LogP contribution < -0.4 is 10.8 Å². The third-order valence-electron chi connectivity index (χ3n) is 3.49. The average molecular weight is 332 g/mol. The van der Waals surface area contributed by atoms with E-state index in [2.05, 4.69) is 5.32 Å². The third-order valence-corrected chi connectivity index (χ3v) is 3.49. The van der Waals surface area contributed by atoms with Crippen LogP contribution in [0.4, 0.5) is 4.39 Å². The first-order chi connectivity index (χ1) is 11.4. The number of benzene rings is 2. The topological polar surface area (TPSA) is 98.7 Å². The quantitative estimate of drug-likeness (QED) is 0.492. The molecule has 0 aliphatic carbocycles. The van der Waals surface area contributed by atoms with E-state index in [0.29, 0.717) is 11.1 Å². The lowest BCUT2D eigenvalue weighted by atomic mass is 10.0. The number of rotatable bonds is 5. The van der Waals surface area contributed by atoms with E-state index in [1.165, 1.54) is 30.6 Å². The van der Waals surface area contributed by atoms with Gasteiger partial charge in [-0.25, -0.2) is 9.87 Å². The number of halogens is 1. The van der Waals surface area contributed by atoms with Crippen LogP contribution in [0, 0.1) is 5.82 Å². The Labute approximate surface area is 137 Å². The van der Waals surface area contributed by atoms with Gasteiger partial charge in [0.1, 0.15) is 11.9 Å². The second-order valence-electron chi connectivity index (χ2n) is 5.22. The number of carbonyl (C=O) groups is 2. The van der Waals surface area contributed by atoms with Gasteiger partial charge in [-0.2, -0.15) is 0 Å². The van der Waals surface area contributed by atoms with Crippen LogP contribution in [0.5, 0.6) is 0 Å². The molecule has 4 N–H and O–H groups in total. The standard InChI is InChI=1S/C17H17FN2O4/c1-10(21)15(17(23)20-24)19-16(22)12-8-6-11(7-9-12)13-4-2-3-5-14(13)18/h2-10,15,21,24H,1H3,(H,19,22)(H,20,23)/t10-,15+/m1/s1. The van der Waals surface area contributed by atoms with Crippen LogP contribution in [0.3, 0.4) is 0 Å². The number of nitrogens with one attached hydrogen (secondary N) is 2. The van der Waals surface area contributed by atoms with Gasteiger partial charge >= 0.3 is 0 Å². The molecule has 2 aromatic rings. The summed E-state index contributed by atoms with van der Waals surface area (Å²) in [5.41, 5.74) is 2.62. The molecule has 0 spiro atoms. The van der Waals surface area contributed by atoms with Gasteiger partial charge in [-0.05, 0) is 30.7 Å². The van der Waals surface area contributed by atoms with Gasteiger partial charge in [-0.3, -0.25) is 14.8 Å². The Balaban J connectivity index is 2.17. The molecule has 7 heteroatoms. The lowest BCUT2D eigenvalue weighted by molar-refractivity contribution is -0.133. The highest BCUT2D eigenvalue weighted by Gasteiger charge is 2.25. The summed E-state index contributed by atoms with van der Waals surface area (Å²) in [7, 11) is 0. The summed E-state index contributed by atoms with van der Waals surface area (Å²) in [5, 5.41) is 20.5. The van der Waals surface area contributed by atoms with Gasteiger partial charge in [0, 0.05) is 11.1 Å². The third kappa shape index (κ3) is 3.95. The molecule has 6 nitrogen and oxygen atoms in total. The number of hydroxylamine groups is 1. The fourth-order valence-corrected chi connectivity index (χ4v) is 2.20. The molecule has 126 valence electrons.